The Morgan fingerprint density at radius 1 is 1.24 bits per heavy atom. The minimum atomic E-state index is -3.75. The summed E-state index contributed by atoms with van der Waals surface area (Å²) in [5.74, 6) is 0.474. The Labute approximate surface area is 174 Å². The molecule has 154 valence electrons. The molecular weight excluding hydrogens is 416 g/mol. The highest BCUT2D eigenvalue weighted by Gasteiger charge is 2.24. The van der Waals surface area contributed by atoms with Crippen molar-refractivity contribution < 1.29 is 22.7 Å². The van der Waals surface area contributed by atoms with E-state index in [4.69, 9.17) is 21.1 Å². The van der Waals surface area contributed by atoms with Gasteiger partial charge in [0.25, 0.3) is 5.91 Å². The zero-order valence-corrected chi connectivity index (χ0v) is 17.8. The van der Waals surface area contributed by atoms with E-state index < -0.39 is 15.9 Å². The van der Waals surface area contributed by atoms with Crippen molar-refractivity contribution in [3.63, 3.8) is 0 Å². The Hall–Kier alpha value is -2.55. The number of carbonyl (C=O) groups is 1. The molecule has 1 aliphatic rings. The van der Waals surface area contributed by atoms with E-state index in [-0.39, 0.29) is 17.3 Å². The summed E-state index contributed by atoms with van der Waals surface area (Å²) in [6.07, 6.45) is 1.70. The lowest BCUT2D eigenvalue weighted by atomic mass is 10.1. The number of amides is 1. The molecule has 0 aromatic heterocycles. The maximum absolute atomic E-state index is 12.7. The van der Waals surface area contributed by atoms with E-state index in [1.165, 1.54) is 26.2 Å². The number of sulfonamides is 1. The second kappa shape index (κ2) is 8.44. The average Bonchev–Trinajstić information content (AvgIpc) is 2.68. The first kappa shape index (κ1) is 21.2. The number of hydrogen-bond donors (Lipinski definition) is 1. The van der Waals surface area contributed by atoms with Crippen LogP contribution < -0.4 is 14.8 Å². The predicted molar refractivity (Wildman–Crippen MR) is 112 cm³/mol. The largest absolute Gasteiger partial charge is 0.492 e. The third-order valence-corrected chi connectivity index (χ3v) is 6.31. The number of nitrogens with one attached hydrogen (secondary N) is 1. The Bertz CT molecular complexity index is 1080. The van der Waals surface area contributed by atoms with Crippen molar-refractivity contribution in [2.45, 2.75) is 11.8 Å². The summed E-state index contributed by atoms with van der Waals surface area (Å²) in [5, 5.41) is 3.26. The molecule has 0 unspecified atom stereocenters. The molecule has 0 bridgehead atoms. The van der Waals surface area contributed by atoms with Crippen LogP contribution in [0.3, 0.4) is 0 Å². The average molecular weight is 437 g/mol. The van der Waals surface area contributed by atoms with Crippen molar-refractivity contribution in [2.75, 3.05) is 32.6 Å². The fraction of sp³-hybridized carbons (Fsp3) is 0.250. The molecule has 1 amide bonds. The van der Waals surface area contributed by atoms with E-state index in [0.717, 1.165) is 4.31 Å². The van der Waals surface area contributed by atoms with E-state index in [0.29, 0.717) is 34.2 Å². The van der Waals surface area contributed by atoms with Gasteiger partial charge in [-0.2, -0.15) is 0 Å². The molecule has 1 N–H and O–H groups in total. The van der Waals surface area contributed by atoms with E-state index in [1.54, 1.807) is 37.3 Å². The topological polar surface area (TPSA) is 84.9 Å². The fourth-order valence-electron chi connectivity index (χ4n) is 2.75. The van der Waals surface area contributed by atoms with Crippen molar-refractivity contribution in [3.8, 4) is 11.5 Å². The summed E-state index contributed by atoms with van der Waals surface area (Å²) >= 11 is 6.00. The van der Waals surface area contributed by atoms with Gasteiger partial charge in [0.2, 0.25) is 10.0 Å². The number of hydrogen-bond acceptors (Lipinski definition) is 5. The van der Waals surface area contributed by atoms with Gasteiger partial charge >= 0.3 is 0 Å². The summed E-state index contributed by atoms with van der Waals surface area (Å²) in [6, 6.07) is 9.66. The van der Waals surface area contributed by atoms with Crippen LogP contribution in [0.1, 0.15) is 12.5 Å². The van der Waals surface area contributed by atoms with Crippen LogP contribution in [0.15, 0.2) is 46.9 Å². The number of ether oxygens (including phenoxy) is 2. The molecule has 29 heavy (non-hydrogen) atoms. The molecule has 1 heterocycles. The fourth-order valence-corrected chi connectivity index (χ4v) is 3.98. The van der Waals surface area contributed by atoms with Crippen LogP contribution in [-0.4, -0.2) is 45.9 Å². The molecule has 1 aliphatic heterocycles. The number of anilines is 1. The molecule has 9 heteroatoms. The second-order valence-electron chi connectivity index (χ2n) is 6.48. The number of rotatable bonds is 6. The Kier molecular flexibility index (Phi) is 6.16. The van der Waals surface area contributed by atoms with E-state index in [2.05, 4.69) is 5.32 Å². The van der Waals surface area contributed by atoms with Crippen LogP contribution in [0.5, 0.6) is 11.5 Å². The Morgan fingerprint density at radius 3 is 2.69 bits per heavy atom. The minimum absolute atomic E-state index is 0.0202. The van der Waals surface area contributed by atoms with Crippen molar-refractivity contribution >= 4 is 39.3 Å². The standard InChI is InChI=1S/C20H21ClN2O5S/c1-4-27-18-8-6-16(11-19(18)29(25,26)23(2)3)22-20(24)14-9-13-10-15(21)5-7-17(13)28-12-14/h5-11H,4,12H2,1-3H3,(H,22,24). The van der Waals surface area contributed by atoms with Gasteiger partial charge in [0.1, 0.15) is 23.0 Å². The molecule has 2 aromatic rings. The first-order valence-corrected chi connectivity index (χ1v) is 10.7. The number of nitrogens with zero attached hydrogens (tertiary/aromatic N) is 1. The number of carbonyl (C=O) groups excluding carboxylic acids is 1. The monoisotopic (exact) mass is 436 g/mol. The van der Waals surface area contributed by atoms with Crippen molar-refractivity contribution in [3.05, 3.63) is 52.6 Å². The van der Waals surface area contributed by atoms with Crippen molar-refractivity contribution in [1.82, 2.24) is 4.31 Å². The molecule has 0 spiro atoms. The molecule has 0 fully saturated rings. The summed E-state index contributed by atoms with van der Waals surface area (Å²) in [4.78, 5) is 12.7. The van der Waals surface area contributed by atoms with Crippen LogP contribution in [0.4, 0.5) is 5.69 Å². The Morgan fingerprint density at radius 2 is 2.00 bits per heavy atom. The highest BCUT2D eigenvalue weighted by Crippen LogP contribution is 2.31. The lowest BCUT2D eigenvalue weighted by Crippen LogP contribution is -2.24. The third kappa shape index (κ3) is 4.55. The molecule has 0 saturated heterocycles. The summed E-state index contributed by atoms with van der Waals surface area (Å²) in [5.41, 5.74) is 1.43. The quantitative estimate of drug-likeness (QED) is 0.750. The highest BCUT2D eigenvalue weighted by atomic mass is 35.5. The molecular formula is C20H21ClN2O5S. The summed E-state index contributed by atoms with van der Waals surface area (Å²) in [6.45, 7) is 2.18. The first-order chi connectivity index (χ1) is 13.7. The smallest absolute Gasteiger partial charge is 0.255 e. The number of halogens is 1. The van der Waals surface area contributed by atoms with Gasteiger partial charge in [-0.3, -0.25) is 4.79 Å². The zero-order valence-electron chi connectivity index (χ0n) is 16.2. The SMILES string of the molecule is CCOc1ccc(NC(=O)C2=Cc3cc(Cl)ccc3OC2)cc1S(=O)(=O)N(C)C. The normalized spacial score (nSPS) is 13.3. The van der Waals surface area contributed by atoms with Gasteiger partial charge in [0, 0.05) is 30.4 Å². The molecule has 0 atom stereocenters. The van der Waals surface area contributed by atoms with Crippen molar-refractivity contribution in [1.29, 1.82) is 0 Å². The van der Waals surface area contributed by atoms with Gasteiger partial charge < -0.3 is 14.8 Å². The number of benzene rings is 2. The predicted octanol–water partition coefficient (Wildman–Crippen LogP) is 3.40. The van der Waals surface area contributed by atoms with E-state index >= 15 is 0 Å². The lowest BCUT2D eigenvalue weighted by molar-refractivity contribution is -0.113. The van der Waals surface area contributed by atoms with Crippen LogP contribution in [-0.2, 0) is 14.8 Å². The van der Waals surface area contributed by atoms with Gasteiger partial charge in [0.05, 0.1) is 12.2 Å². The van der Waals surface area contributed by atoms with Crippen LogP contribution in [0.2, 0.25) is 5.02 Å². The highest BCUT2D eigenvalue weighted by molar-refractivity contribution is 7.89. The van der Waals surface area contributed by atoms with E-state index in [1.807, 2.05) is 0 Å². The summed E-state index contributed by atoms with van der Waals surface area (Å²) in [7, 11) is -0.887. The molecule has 7 nitrogen and oxygen atoms in total. The van der Waals surface area contributed by atoms with Gasteiger partial charge in [-0.05, 0) is 49.4 Å². The Balaban J connectivity index is 1.89. The van der Waals surface area contributed by atoms with Gasteiger partial charge in [-0.25, -0.2) is 12.7 Å². The van der Waals surface area contributed by atoms with Gasteiger partial charge in [0.15, 0.2) is 0 Å². The molecule has 0 aliphatic carbocycles. The first-order valence-electron chi connectivity index (χ1n) is 8.86. The third-order valence-electron chi connectivity index (χ3n) is 4.24. The lowest BCUT2D eigenvalue weighted by Gasteiger charge is -2.19. The molecule has 0 saturated carbocycles. The van der Waals surface area contributed by atoms with Crippen LogP contribution in [0, 0.1) is 0 Å². The maximum atomic E-state index is 12.7. The summed E-state index contributed by atoms with van der Waals surface area (Å²) < 4.78 is 37.4. The van der Waals surface area contributed by atoms with Crippen LogP contribution in [0.25, 0.3) is 6.08 Å². The zero-order chi connectivity index (χ0) is 21.2. The van der Waals surface area contributed by atoms with Crippen molar-refractivity contribution in [2.24, 2.45) is 0 Å². The molecule has 2 aromatic carbocycles. The van der Waals surface area contributed by atoms with Crippen LogP contribution >= 0.6 is 11.6 Å². The molecule has 3 rings (SSSR count). The maximum Gasteiger partial charge on any atom is 0.255 e. The van der Waals surface area contributed by atoms with Gasteiger partial charge in [-0.1, -0.05) is 11.6 Å². The number of fused-ring (bicyclic) bond motifs is 1. The molecule has 0 radical (unpaired) electrons. The second-order valence-corrected chi connectivity index (χ2v) is 9.03. The minimum Gasteiger partial charge on any atom is -0.492 e. The van der Waals surface area contributed by atoms with Gasteiger partial charge in [-0.15, -0.1) is 0 Å². The van der Waals surface area contributed by atoms with E-state index in [9.17, 15) is 13.2 Å².